The van der Waals surface area contributed by atoms with Gasteiger partial charge in [-0.2, -0.15) is 0 Å². The Bertz CT molecular complexity index is 1560. The van der Waals surface area contributed by atoms with Crippen LogP contribution in [0.15, 0.2) is 42.5 Å². The van der Waals surface area contributed by atoms with E-state index in [0.717, 1.165) is 80.2 Å². The van der Waals surface area contributed by atoms with Gasteiger partial charge < -0.3 is 19.5 Å². The second-order valence-electron chi connectivity index (χ2n) is 15.2. The summed E-state index contributed by atoms with van der Waals surface area (Å²) in [7, 11) is 0. The van der Waals surface area contributed by atoms with Gasteiger partial charge in [-0.15, -0.1) is 0 Å². The quantitative estimate of drug-likeness (QED) is 0.256. The Morgan fingerprint density at radius 3 is 2.35 bits per heavy atom. The Morgan fingerprint density at radius 1 is 1.00 bits per heavy atom. The molecule has 0 saturated carbocycles. The number of hydrogen-bond donors (Lipinski definition) is 1. The van der Waals surface area contributed by atoms with Crippen molar-refractivity contribution in [2.45, 2.75) is 112 Å². The Hall–Kier alpha value is -3.42. The lowest BCUT2D eigenvalue weighted by molar-refractivity contribution is -0.160. The third kappa shape index (κ3) is 7.75. The highest BCUT2D eigenvalue weighted by atomic mass is 16.5. The number of aliphatic carboxylic acids is 1. The molecular formula is C39H53N3O4. The second kappa shape index (κ2) is 13.4. The molecule has 3 heterocycles. The fourth-order valence-electron chi connectivity index (χ4n) is 6.90. The molecule has 5 rings (SSSR count). The van der Waals surface area contributed by atoms with Gasteiger partial charge >= 0.3 is 5.97 Å². The lowest BCUT2D eigenvalue weighted by Gasteiger charge is -2.41. The predicted octanol–water partition coefficient (Wildman–Crippen LogP) is 8.28. The molecule has 2 aliphatic rings. The van der Waals surface area contributed by atoms with E-state index in [4.69, 9.17) is 14.5 Å². The molecule has 0 unspecified atom stereocenters. The van der Waals surface area contributed by atoms with E-state index in [1.807, 2.05) is 33.8 Å². The molecule has 2 aromatic carbocycles. The van der Waals surface area contributed by atoms with Crippen LogP contribution in [0.25, 0.3) is 11.1 Å². The van der Waals surface area contributed by atoms with E-state index in [2.05, 4.69) is 80.8 Å². The summed E-state index contributed by atoms with van der Waals surface area (Å²) in [5.41, 5.74) is 8.89. The molecule has 0 amide bonds. The molecule has 0 aliphatic carbocycles. The minimum Gasteiger partial charge on any atom is -0.491 e. The van der Waals surface area contributed by atoms with Gasteiger partial charge in [0.15, 0.2) is 6.10 Å². The molecule has 0 radical (unpaired) electrons. The largest absolute Gasteiger partial charge is 0.491 e. The predicted molar refractivity (Wildman–Crippen MR) is 186 cm³/mol. The number of fused-ring (bicyclic) bond motifs is 1. The number of para-hydroxylation sites is 1. The number of carbonyl (C=O) groups is 1. The average molecular weight is 628 g/mol. The SMILES string of the molecule is Cc1nc(C)c([C@H](OC(C)(C)C)C(=O)O)c(N2CCC(C)(C)CC2)c1-c1ccc2c(c1)CCN(Cc1ccccc1OC(C)C)C2. The Kier molecular flexibility index (Phi) is 9.86. The smallest absolute Gasteiger partial charge is 0.337 e. The van der Waals surface area contributed by atoms with E-state index >= 15 is 0 Å². The van der Waals surface area contributed by atoms with E-state index in [1.54, 1.807) is 0 Å². The standard InChI is InChI=1S/C39H53N3O4/c1-25(2)45-32-13-11-10-12-31(32)24-41-19-16-28-22-29(14-15-30(28)23-41)33-26(3)40-27(4)34(36(37(43)44)46-38(5,6)7)35(33)42-20-17-39(8,9)18-21-42/h10-15,22,25,36H,16-21,23-24H2,1-9H3,(H,43,44)/t36-/m0/s1. The summed E-state index contributed by atoms with van der Waals surface area (Å²) in [5.74, 6) is -0.0281. The Balaban J connectivity index is 1.54. The van der Waals surface area contributed by atoms with Crippen molar-refractivity contribution in [1.29, 1.82) is 0 Å². The molecule has 1 fully saturated rings. The van der Waals surface area contributed by atoms with Gasteiger partial charge in [-0.3, -0.25) is 9.88 Å². The molecule has 1 atom stereocenters. The summed E-state index contributed by atoms with van der Waals surface area (Å²) in [6.45, 7) is 22.9. The minimum absolute atomic E-state index is 0.133. The average Bonchev–Trinajstić information content (AvgIpc) is 2.96. The van der Waals surface area contributed by atoms with Gasteiger partial charge in [-0.1, -0.05) is 50.2 Å². The van der Waals surface area contributed by atoms with Crippen LogP contribution in [0.2, 0.25) is 0 Å². The number of piperidine rings is 1. The van der Waals surface area contributed by atoms with Gasteiger partial charge in [-0.25, -0.2) is 4.79 Å². The van der Waals surface area contributed by atoms with Crippen LogP contribution in [0, 0.1) is 19.3 Å². The van der Waals surface area contributed by atoms with Crippen molar-refractivity contribution < 1.29 is 19.4 Å². The zero-order chi connectivity index (χ0) is 33.4. The van der Waals surface area contributed by atoms with Crippen molar-refractivity contribution in [1.82, 2.24) is 9.88 Å². The highest BCUT2D eigenvalue weighted by Gasteiger charge is 2.36. The van der Waals surface area contributed by atoms with Crippen LogP contribution in [0.4, 0.5) is 5.69 Å². The van der Waals surface area contributed by atoms with Crippen LogP contribution in [0.5, 0.6) is 5.75 Å². The molecule has 1 aromatic heterocycles. The highest BCUT2D eigenvalue weighted by Crippen LogP contribution is 2.45. The van der Waals surface area contributed by atoms with Crippen molar-refractivity contribution in [3.8, 4) is 16.9 Å². The monoisotopic (exact) mass is 627 g/mol. The first-order chi connectivity index (χ1) is 21.6. The molecule has 248 valence electrons. The lowest BCUT2D eigenvalue weighted by atomic mass is 9.81. The van der Waals surface area contributed by atoms with Crippen LogP contribution >= 0.6 is 0 Å². The molecule has 7 heteroatoms. The molecule has 0 bridgehead atoms. The number of aromatic nitrogens is 1. The number of nitrogens with zero attached hydrogens (tertiary/aromatic N) is 3. The summed E-state index contributed by atoms with van der Waals surface area (Å²) >= 11 is 0. The maximum Gasteiger partial charge on any atom is 0.337 e. The normalized spacial score (nSPS) is 17.6. The molecule has 1 saturated heterocycles. The Morgan fingerprint density at radius 2 is 1.70 bits per heavy atom. The summed E-state index contributed by atoms with van der Waals surface area (Å²) in [5, 5.41) is 10.5. The van der Waals surface area contributed by atoms with Gasteiger partial charge in [0.2, 0.25) is 0 Å². The number of carboxylic acids is 1. The molecule has 1 N–H and O–H groups in total. The van der Waals surface area contributed by atoms with Crippen LogP contribution in [0.1, 0.15) is 101 Å². The first kappa shape index (κ1) is 33.9. The zero-order valence-corrected chi connectivity index (χ0v) is 29.4. The fourth-order valence-corrected chi connectivity index (χ4v) is 6.90. The molecule has 7 nitrogen and oxygen atoms in total. The van der Waals surface area contributed by atoms with Crippen LogP contribution in [0.3, 0.4) is 0 Å². The van der Waals surface area contributed by atoms with E-state index in [9.17, 15) is 9.90 Å². The van der Waals surface area contributed by atoms with Gasteiger partial charge in [0, 0.05) is 60.8 Å². The second-order valence-corrected chi connectivity index (χ2v) is 15.2. The summed E-state index contributed by atoms with van der Waals surface area (Å²) in [6.07, 6.45) is 2.03. The van der Waals surface area contributed by atoms with Crippen LogP contribution in [-0.4, -0.2) is 52.3 Å². The van der Waals surface area contributed by atoms with E-state index in [1.165, 1.54) is 16.7 Å². The summed E-state index contributed by atoms with van der Waals surface area (Å²) in [4.78, 5) is 22.7. The van der Waals surface area contributed by atoms with Gasteiger partial charge in [0.25, 0.3) is 0 Å². The number of hydrogen-bond acceptors (Lipinski definition) is 6. The molecule has 0 spiro atoms. The molecule has 2 aliphatic heterocycles. The van der Waals surface area contributed by atoms with Crippen molar-refractivity contribution in [3.05, 3.63) is 76.1 Å². The van der Waals surface area contributed by atoms with Crippen molar-refractivity contribution in [2.24, 2.45) is 5.41 Å². The van der Waals surface area contributed by atoms with Crippen molar-refractivity contribution >= 4 is 11.7 Å². The zero-order valence-electron chi connectivity index (χ0n) is 29.4. The number of rotatable bonds is 9. The third-order valence-electron chi connectivity index (χ3n) is 9.29. The van der Waals surface area contributed by atoms with Gasteiger partial charge in [0.1, 0.15) is 5.75 Å². The topological polar surface area (TPSA) is 75.1 Å². The number of aryl methyl sites for hydroxylation is 2. The van der Waals surface area contributed by atoms with Gasteiger partial charge in [-0.05, 0) is 95.9 Å². The maximum atomic E-state index is 12.8. The van der Waals surface area contributed by atoms with E-state index in [-0.39, 0.29) is 11.5 Å². The maximum absolute atomic E-state index is 12.8. The fraction of sp³-hybridized carbons (Fsp3) is 0.538. The number of pyridine rings is 1. The van der Waals surface area contributed by atoms with E-state index in [0.29, 0.717) is 11.3 Å². The first-order valence-electron chi connectivity index (χ1n) is 16.9. The van der Waals surface area contributed by atoms with E-state index < -0.39 is 17.7 Å². The number of carboxylic acid groups (broad SMARTS) is 1. The van der Waals surface area contributed by atoms with Crippen LogP contribution in [-0.2, 0) is 29.0 Å². The number of ether oxygens (including phenoxy) is 2. The van der Waals surface area contributed by atoms with Crippen molar-refractivity contribution in [3.63, 3.8) is 0 Å². The van der Waals surface area contributed by atoms with Gasteiger partial charge in [0.05, 0.1) is 17.4 Å². The third-order valence-corrected chi connectivity index (χ3v) is 9.29. The summed E-state index contributed by atoms with van der Waals surface area (Å²) in [6, 6.07) is 15.1. The number of anilines is 1. The number of benzene rings is 2. The Labute approximate surface area is 275 Å². The summed E-state index contributed by atoms with van der Waals surface area (Å²) < 4.78 is 12.4. The molecule has 3 aromatic rings. The lowest BCUT2D eigenvalue weighted by Crippen LogP contribution is -2.39. The highest BCUT2D eigenvalue weighted by molar-refractivity contribution is 5.88. The van der Waals surface area contributed by atoms with Crippen LogP contribution < -0.4 is 9.64 Å². The molecule has 46 heavy (non-hydrogen) atoms. The van der Waals surface area contributed by atoms with Crippen molar-refractivity contribution in [2.75, 3.05) is 24.5 Å². The minimum atomic E-state index is -1.12. The first-order valence-corrected chi connectivity index (χ1v) is 16.9. The molecular weight excluding hydrogens is 574 g/mol.